The molecule has 1 saturated heterocycles. The Morgan fingerprint density at radius 3 is 1.53 bits per heavy atom. The summed E-state index contributed by atoms with van der Waals surface area (Å²) >= 11 is 0. The van der Waals surface area contributed by atoms with E-state index in [9.17, 15) is 14.4 Å². The van der Waals surface area contributed by atoms with Crippen LogP contribution in [-0.2, 0) is 4.79 Å². The highest BCUT2D eigenvalue weighted by Gasteiger charge is 2.55. The zero-order valence-electron chi connectivity index (χ0n) is 16.4. The van der Waals surface area contributed by atoms with Crippen LogP contribution in [-0.4, -0.2) is 33.6 Å². The fourth-order valence-corrected chi connectivity index (χ4v) is 4.38. The maximum absolute atomic E-state index is 13.5. The van der Waals surface area contributed by atoms with Gasteiger partial charge in [0, 0.05) is 0 Å². The fourth-order valence-electron chi connectivity index (χ4n) is 4.38. The van der Waals surface area contributed by atoms with Crippen molar-refractivity contribution in [2.45, 2.75) is 25.0 Å². The molecule has 3 aromatic carbocycles. The largest absolute Gasteiger partial charge is 0.322 e. The summed E-state index contributed by atoms with van der Waals surface area (Å²) in [6.45, 7) is 1.63. The summed E-state index contributed by atoms with van der Waals surface area (Å²) in [5.74, 6) is -1.05. The molecule has 5 nitrogen and oxygen atoms in total. The highest BCUT2D eigenvalue weighted by molar-refractivity contribution is 6.22. The van der Waals surface area contributed by atoms with Crippen molar-refractivity contribution in [1.29, 1.82) is 0 Å². The first-order chi connectivity index (χ1) is 14.6. The molecule has 2 aliphatic rings. The number of fused-ring (bicyclic) bond motifs is 1. The van der Waals surface area contributed by atoms with Gasteiger partial charge in [-0.15, -0.1) is 0 Å². The van der Waals surface area contributed by atoms with E-state index in [4.69, 9.17) is 0 Å². The molecule has 3 aromatic rings. The van der Waals surface area contributed by atoms with E-state index in [1.807, 2.05) is 60.7 Å². The molecule has 5 rings (SSSR count). The van der Waals surface area contributed by atoms with Crippen LogP contribution >= 0.6 is 0 Å². The van der Waals surface area contributed by atoms with Gasteiger partial charge in [-0.25, -0.2) is 0 Å². The molecule has 2 aliphatic heterocycles. The van der Waals surface area contributed by atoms with Crippen LogP contribution in [0.4, 0.5) is 0 Å². The minimum atomic E-state index is -0.877. The van der Waals surface area contributed by atoms with Gasteiger partial charge < -0.3 is 4.90 Å². The summed E-state index contributed by atoms with van der Waals surface area (Å²) in [7, 11) is 0. The van der Waals surface area contributed by atoms with E-state index in [-0.39, 0.29) is 18.0 Å². The molecule has 0 aromatic heterocycles. The van der Waals surface area contributed by atoms with Gasteiger partial charge >= 0.3 is 0 Å². The second-order valence-electron chi connectivity index (χ2n) is 7.66. The van der Waals surface area contributed by atoms with Crippen molar-refractivity contribution in [3.8, 4) is 0 Å². The molecule has 5 heteroatoms. The van der Waals surface area contributed by atoms with E-state index in [2.05, 4.69) is 0 Å². The van der Waals surface area contributed by atoms with E-state index < -0.39 is 17.9 Å². The van der Waals surface area contributed by atoms with Crippen molar-refractivity contribution in [1.82, 2.24) is 9.80 Å². The zero-order valence-corrected chi connectivity index (χ0v) is 16.4. The smallest absolute Gasteiger partial charge is 0.262 e. The SMILES string of the molecule is C[C@H](C(=O)N1[C@@H](c2ccccc2)[C@@H]1c1ccccc1)N1C(=O)c2ccccc2C1=O. The van der Waals surface area contributed by atoms with Crippen LogP contribution in [0.25, 0.3) is 0 Å². The number of hydrogen-bond donors (Lipinski definition) is 0. The van der Waals surface area contributed by atoms with Gasteiger partial charge in [-0.2, -0.15) is 0 Å². The quantitative estimate of drug-likeness (QED) is 0.495. The number of benzene rings is 3. The Morgan fingerprint density at radius 1 is 0.700 bits per heavy atom. The number of imide groups is 1. The molecular weight excluding hydrogens is 376 g/mol. The second kappa shape index (κ2) is 6.95. The topological polar surface area (TPSA) is 57.5 Å². The standard InChI is InChI=1S/C25H20N2O3/c1-16(26-24(29)19-14-8-9-15-20(19)25(26)30)23(28)27-21(17-10-4-2-5-11-17)22(27)18-12-6-3-7-13-18/h2-16,21-22H,1H3/t16-,21+,22+/m1/s1. The molecule has 0 spiro atoms. The molecule has 0 N–H and O–H groups in total. The summed E-state index contributed by atoms with van der Waals surface area (Å²) in [6.07, 6.45) is 0. The van der Waals surface area contributed by atoms with E-state index in [0.717, 1.165) is 16.0 Å². The van der Waals surface area contributed by atoms with Crippen molar-refractivity contribution in [3.05, 3.63) is 107 Å². The monoisotopic (exact) mass is 396 g/mol. The van der Waals surface area contributed by atoms with Gasteiger partial charge in [0.05, 0.1) is 23.2 Å². The Kier molecular flexibility index (Phi) is 4.24. The van der Waals surface area contributed by atoms with Crippen molar-refractivity contribution in [2.75, 3.05) is 0 Å². The first-order valence-electron chi connectivity index (χ1n) is 9.98. The lowest BCUT2D eigenvalue weighted by atomic mass is 10.0. The van der Waals surface area contributed by atoms with Crippen LogP contribution in [0.3, 0.4) is 0 Å². The summed E-state index contributed by atoms with van der Waals surface area (Å²) in [4.78, 5) is 42.0. The molecule has 2 heterocycles. The van der Waals surface area contributed by atoms with Crippen LogP contribution in [0.15, 0.2) is 84.9 Å². The Hall–Kier alpha value is -3.73. The summed E-state index contributed by atoms with van der Waals surface area (Å²) in [6, 6.07) is 25.3. The molecule has 3 amide bonds. The Morgan fingerprint density at radius 2 is 1.10 bits per heavy atom. The average molecular weight is 396 g/mol. The van der Waals surface area contributed by atoms with E-state index in [1.54, 1.807) is 36.1 Å². The lowest BCUT2D eigenvalue weighted by molar-refractivity contribution is -0.130. The molecule has 0 unspecified atom stereocenters. The first-order valence-corrected chi connectivity index (χ1v) is 9.98. The van der Waals surface area contributed by atoms with Crippen LogP contribution in [0.1, 0.15) is 50.9 Å². The van der Waals surface area contributed by atoms with Gasteiger partial charge in [-0.1, -0.05) is 72.8 Å². The molecule has 0 saturated carbocycles. The van der Waals surface area contributed by atoms with Crippen LogP contribution in [0.2, 0.25) is 0 Å². The van der Waals surface area contributed by atoms with Crippen molar-refractivity contribution < 1.29 is 14.4 Å². The van der Waals surface area contributed by atoms with Crippen LogP contribution < -0.4 is 0 Å². The normalized spacial score (nSPS) is 20.8. The third-order valence-corrected chi connectivity index (χ3v) is 5.92. The number of amides is 3. The lowest BCUT2D eigenvalue weighted by Gasteiger charge is -2.22. The number of hydrogen-bond acceptors (Lipinski definition) is 3. The van der Waals surface area contributed by atoms with Crippen LogP contribution in [0.5, 0.6) is 0 Å². The molecule has 1 fully saturated rings. The van der Waals surface area contributed by atoms with E-state index in [0.29, 0.717) is 11.1 Å². The average Bonchev–Trinajstić information content (AvgIpc) is 3.49. The molecule has 3 atom stereocenters. The zero-order chi connectivity index (χ0) is 20.8. The first kappa shape index (κ1) is 18.3. The lowest BCUT2D eigenvalue weighted by Crippen LogP contribution is -2.45. The molecule has 0 aliphatic carbocycles. The van der Waals surface area contributed by atoms with Gasteiger partial charge in [-0.05, 0) is 30.2 Å². The highest BCUT2D eigenvalue weighted by atomic mass is 16.2. The van der Waals surface area contributed by atoms with Crippen molar-refractivity contribution >= 4 is 17.7 Å². The van der Waals surface area contributed by atoms with Crippen LogP contribution in [0, 0.1) is 0 Å². The van der Waals surface area contributed by atoms with Gasteiger partial charge in [0.1, 0.15) is 6.04 Å². The molecule has 0 radical (unpaired) electrons. The number of nitrogens with zero attached hydrogens (tertiary/aromatic N) is 2. The summed E-state index contributed by atoms with van der Waals surface area (Å²) < 4.78 is 0. The van der Waals surface area contributed by atoms with Gasteiger partial charge in [0.15, 0.2) is 0 Å². The van der Waals surface area contributed by atoms with Crippen molar-refractivity contribution in [2.24, 2.45) is 0 Å². The molecular formula is C25H20N2O3. The third-order valence-electron chi connectivity index (χ3n) is 5.92. The van der Waals surface area contributed by atoms with Gasteiger partial charge in [-0.3, -0.25) is 19.3 Å². The molecule has 30 heavy (non-hydrogen) atoms. The Balaban J connectivity index is 1.46. The van der Waals surface area contributed by atoms with E-state index in [1.165, 1.54) is 0 Å². The Labute approximate surface area is 174 Å². The van der Waals surface area contributed by atoms with Crippen molar-refractivity contribution in [3.63, 3.8) is 0 Å². The molecule has 148 valence electrons. The van der Waals surface area contributed by atoms with E-state index >= 15 is 0 Å². The second-order valence-corrected chi connectivity index (χ2v) is 7.66. The minimum absolute atomic E-state index is 0.112. The predicted octanol–water partition coefficient (Wildman–Crippen LogP) is 4.00. The summed E-state index contributed by atoms with van der Waals surface area (Å²) in [5.41, 5.74) is 2.78. The maximum atomic E-state index is 13.5. The minimum Gasteiger partial charge on any atom is -0.322 e. The third kappa shape index (κ3) is 2.74. The predicted molar refractivity (Wildman–Crippen MR) is 112 cm³/mol. The number of rotatable bonds is 4. The van der Waals surface area contributed by atoms with Gasteiger partial charge in [0.25, 0.3) is 11.8 Å². The number of carbonyl (C=O) groups excluding carboxylic acids is 3. The summed E-state index contributed by atoms with van der Waals surface area (Å²) in [5, 5.41) is 0. The fraction of sp³-hybridized carbons (Fsp3) is 0.160. The number of carbonyl (C=O) groups is 3. The van der Waals surface area contributed by atoms with Gasteiger partial charge in [0.2, 0.25) is 5.91 Å². The maximum Gasteiger partial charge on any atom is 0.262 e. The highest BCUT2D eigenvalue weighted by Crippen LogP contribution is 2.55. The molecule has 0 bridgehead atoms. The Bertz CT molecular complexity index is 1060.